The van der Waals surface area contributed by atoms with Gasteiger partial charge in [0.05, 0.1) is 5.39 Å². The molecular formula is C15H21N3S2. The first-order valence-corrected chi connectivity index (χ1v) is 9.06. The molecule has 20 heavy (non-hydrogen) atoms. The first kappa shape index (κ1) is 14.1. The SMILES string of the molecule is CSc1nc(N)c2c3c(sc2n1)C[C@@H](C(C)(C)C)CC3. The fraction of sp³-hybridized carbons (Fsp3) is 0.600. The zero-order valence-corrected chi connectivity index (χ0v) is 14.1. The van der Waals surface area contributed by atoms with Crippen molar-refractivity contribution in [2.45, 2.75) is 45.2 Å². The summed E-state index contributed by atoms with van der Waals surface area (Å²) in [6, 6.07) is 0. The van der Waals surface area contributed by atoms with Gasteiger partial charge in [0, 0.05) is 4.88 Å². The number of nitrogens with zero attached hydrogens (tertiary/aromatic N) is 2. The number of nitrogens with two attached hydrogens (primary N) is 1. The van der Waals surface area contributed by atoms with Gasteiger partial charge in [0.2, 0.25) is 0 Å². The van der Waals surface area contributed by atoms with Crippen LogP contribution in [0.4, 0.5) is 5.82 Å². The lowest BCUT2D eigenvalue weighted by molar-refractivity contribution is 0.218. The molecule has 0 amide bonds. The lowest BCUT2D eigenvalue weighted by Gasteiger charge is -2.33. The summed E-state index contributed by atoms with van der Waals surface area (Å²) in [5, 5.41) is 1.90. The van der Waals surface area contributed by atoms with E-state index in [1.165, 1.54) is 16.9 Å². The van der Waals surface area contributed by atoms with E-state index in [2.05, 4.69) is 30.7 Å². The highest BCUT2D eigenvalue weighted by molar-refractivity contribution is 7.98. The zero-order chi connectivity index (χ0) is 14.5. The summed E-state index contributed by atoms with van der Waals surface area (Å²) in [6.45, 7) is 7.03. The molecule has 2 aromatic rings. The maximum atomic E-state index is 6.16. The lowest BCUT2D eigenvalue weighted by Crippen LogP contribution is -2.26. The Balaban J connectivity index is 2.09. The normalized spacial score (nSPS) is 19.3. The molecule has 0 saturated carbocycles. The molecule has 1 aliphatic rings. The molecule has 5 heteroatoms. The fourth-order valence-corrected chi connectivity index (χ4v) is 4.75. The fourth-order valence-electron chi connectivity index (χ4n) is 3.02. The molecule has 3 rings (SSSR count). The number of thioether (sulfide) groups is 1. The summed E-state index contributed by atoms with van der Waals surface area (Å²) in [6.07, 6.45) is 5.51. The highest BCUT2D eigenvalue weighted by Crippen LogP contribution is 2.44. The summed E-state index contributed by atoms with van der Waals surface area (Å²) in [7, 11) is 0. The Morgan fingerprint density at radius 1 is 1.30 bits per heavy atom. The third kappa shape index (κ3) is 2.31. The third-order valence-corrected chi connectivity index (χ3v) is 6.02. The summed E-state index contributed by atoms with van der Waals surface area (Å²) in [5.74, 6) is 1.41. The quantitative estimate of drug-likeness (QED) is 0.635. The summed E-state index contributed by atoms with van der Waals surface area (Å²) < 4.78 is 0. The van der Waals surface area contributed by atoms with Crippen molar-refractivity contribution in [3.05, 3.63) is 10.4 Å². The van der Waals surface area contributed by atoms with Crippen molar-refractivity contribution in [3.8, 4) is 0 Å². The Labute approximate surface area is 128 Å². The maximum absolute atomic E-state index is 6.16. The first-order valence-electron chi connectivity index (χ1n) is 7.02. The molecule has 0 bridgehead atoms. The molecule has 3 nitrogen and oxygen atoms in total. The number of thiophene rings is 1. The van der Waals surface area contributed by atoms with E-state index in [0.29, 0.717) is 11.2 Å². The van der Waals surface area contributed by atoms with Crippen molar-refractivity contribution in [2.75, 3.05) is 12.0 Å². The monoisotopic (exact) mass is 307 g/mol. The number of aryl methyl sites for hydroxylation is 1. The van der Waals surface area contributed by atoms with Crippen LogP contribution >= 0.6 is 23.1 Å². The summed E-state index contributed by atoms with van der Waals surface area (Å²) in [5.41, 5.74) is 7.95. The molecular weight excluding hydrogens is 286 g/mol. The predicted octanol–water partition coefficient (Wildman–Crippen LogP) is 4.15. The minimum atomic E-state index is 0.371. The van der Waals surface area contributed by atoms with Crippen LogP contribution in [0, 0.1) is 11.3 Å². The van der Waals surface area contributed by atoms with Crippen LogP contribution in [-0.4, -0.2) is 16.2 Å². The molecule has 0 radical (unpaired) electrons. The van der Waals surface area contributed by atoms with Gasteiger partial charge in [0.15, 0.2) is 5.16 Å². The van der Waals surface area contributed by atoms with Gasteiger partial charge in [0.25, 0.3) is 0 Å². The topological polar surface area (TPSA) is 51.8 Å². The number of hydrogen-bond donors (Lipinski definition) is 1. The van der Waals surface area contributed by atoms with E-state index in [1.54, 1.807) is 11.8 Å². The van der Waals surface area contributed by atoms with Gasteiger partial charge in [-0.1, -0.05) is 32.5 Å². The minimum Gasteiger partial charge on any atom is -0.383 e. The number of aromatic nitrogens is 2. The predicted molar refractivity (Wildman–Crippen MR) is 88.6 cm³/mol. The second-order valence-electron chi connectivity index (χ2n) is 6.59. The van der Waals surface area contributed by atoms with Crippen LogP contribution in [0.25, 0.3) is 10.2 Å². The Morgan fingerprint density at radius 2 is 2.05 bits per heavy atom. The second kappa shape index (κ2) is 4.88. The average Bonchev–Trinajstić information content (AvgIpc) is 2.74. The Kier molecular flexibility index (Phi) is 3.45. The molecule has 2 aromatic heterocycles. The molecule has 2 N–H and O–H groups in total. The Hall–Kier alpha value is -0.810. The summed E-state index contributed by atoms with van der Waals surface area (Å²) >= 11 is 3.37. The van der Waals surface area contributed by atoms with Gasteiger partial charge < -0.3 is 5.73 Å². The number of anilines is 1. The number of hydrogen-bond acceptors (Lipinski definition) is 5. The van der Waals surface area contributed by atoms with Gasteiger partial charge >= 0.3 is 0 Å². The van der Waals surface area contributed by atoms with Crippen molar-refractivity contribution in [3.63, 3.8) is 0 Å². The molecule has 0 spiro atoms. The van der Waals surface area contributed by atoms with E-state index >= 15 is 0 Å². The highest BCUT2D eigenvalue weighted by atomic mass is 32.2. The Morgan fingerprint density at radius 3 is 2.70 bits per heavy atom. The second-order valence-corrected chi connectivity index (χ2v) is 8.44. The lowest BCUT2D eigenvalue weighted by atomic mass is 9.72. The third-order valence-electron chi connectivity index (χ3n) is 4.32. The van der Waals surface area contributed by atoms with Crippen LogP contribution < -0.4 is 5.73 Å². The molecule has 108 valence electrons. The van der Waals surface area contributed by atoms with Gasteiger partial charge in [-0.25, -0.2) is 9.97 Å². The van der Waals surface area contributed by atoms with Crippen molar-refractivity contribution < 1.29 is 0 Å². The van der Waals surface area contributed by atoms with Crippen LogP contribution in [0.2, 0.25) is 0 Å². The average molecular weight is 307 g/mol. The van der Waals surface area contributed by atoms with E-state index in [9.17, 15) is 0 Å². The van der Waals surface area contributed by atoms with Crippen LogP contribution in [0.5, 0.6) is 0 Å². The van der Waals surface area contributed by atoms with Crippen LogP contribution in [0.1, 0.15) is 37.6 Å². The summed E-state index contributed by atoms with van der Waals surface area (Å²) in [4.78, 5) is 11.6. The van der Waals surface area contributed by atoms with Crippen molar-refractivity contribution in [1.82, 2.24) is 9.97 Å². The van der Waals surface area contributed by atoms with Crippen LogP contribution in [0.3, 0.4) is 0 Å². The molecule has 0 aromatic carbocycles. The first-order chi connectivity index (χ1) is 9.40. The van der Waals surface area contributed by atoms with E-state index in [4.69, 9.17) is 5.73 Å². The molecule has 0 aliphatic heterocycles. The van der Waals surface area contributed by atoms with Crippen LogP contribution in [-0.2, 0) is 12.8 Å². The van der Waals surface area contributed by atoms with E-state index in [0.717, 1.165) is 34.1 Å². The molecule has 0 saturated heterocycles. The maximum Gasteiger partial charge on any atom is 0.190 e. The van der Waals surface area contributed by atoms with Gasteiger partial charge in [-0.3, -0.25) is 0 Å². The van der Waals surface area contributed by atoms with E-state index in [-0.39, 0.29) is 0 Å². The van der Waals surface area contributed by atoms with Gasteiger partial charge in [-0.05, 0) is 42.4 Å². The largest absolute Gasteiger partial charge is 0.383 e. The zero-order valence-electron chi connectivity index (χ0n) is 12.5. The molecule has 1 atom stereocenters. The van der Waals surface area contributed by atoms with Gasteiger partial charge in [-0.2, -0.15) is 0 Å². The van der Waals surface area contributed by atoms with Crippen molar-refractivity contribution in [1.29, 1.82) is 0 Å². The van der Waals surface area contributed by atoms with Crippen molar-refractivity contribution in [2.24, 2.45) is 11.3 Å². The number of nitrogen functional groups attached to an aromatic ring is 1. The van der Waals surface area contributed by atoms with Crippen molar-refractivity contribution >= 4 is 39.1 Å². The smallest absolute Gasteiger partial charge is 0.190 e. The van der Waals surface area contributed by atoms with Gasteiger partial charge in [0.1, 0.15) is 10.6 Å². The Bertz CT molecular complexity index is 655. The standard InChI is InChI=1S/C15H21N3S2/c1-15(2,3)8-5-6-9-10(7-8)20-13-11(9)12(16)17-14(18-13)19-4/h8H,5-7H2,1-4H3,(H2,16,17,18)/t8-/m0/s1. The molecule has 2 heterocycles. The molecule has 1 aliphatic carbocycles. The van der Waals surface area contributed by atoms with E-state index in [1.807, 2.05) is 17.6 Å². The molecule has 0 unspecified atom stereocenters. The number of rotatable bonds is 1. The van der Waals surface area contributed by atoms with Gasteiger partial charge in [-0.15, -0.1) is 11.3 Å². The van der Waals surface area contributed by atoms with Crippen LogP contribution in [0.15, 0.2) is 5.16 Å². The van der Waals surface area contributed by atoms with E-state index < -0.39 is 0 Å². The highest BCUT2D eigenvalue weighted by Gasteiger charge is 2.31. The minimum absolute atomic E-state index is 0.371. The molecule has 0 fully saturated rings. The number of fused-ring (bicyclic) bond motifs is 3.